The highest BCUT2D eigenvalue weighted by Crippen LogP contribution is 2.22. The maximum absolute atomic E-state index is 11.3. The van der Waals surface area contributed by atoms with Gasteiger partial charge in [-0.2, -0.15) is 0 Å². The van der Waals surface area contributed by atoms with Crippen LogP contribution in [0.2, 0.25) is 0 Å². The summed E-state index contributed by atoms with van der Waals surface area (Å²) in [6, 6.07) is 0. The van der Waals surface area contributed by atoms with E-state index in [9.17, 15) is 4.79 Å². The number of aliphatic imine (C=N–C) groups is 1. The number of hydrogen-bond donors (Lipinski definition) is 3. The number of nitrogens with one attached hydrogen (secondary N) is 2. The highest BCUT2D eigenvalue weighted by molar-refractivity contribution is 5.79. The van der Waals surface area contributed by atoms with Crippen LogP contribution in [0.25, 0.3) is 0 Å². The molecule has 1 aliphatic rings. The third-order valence-electron chi connectivity index (χ3n) is 4.77. The molecule has 152 valence electrons. The summed E-state index contributed by atoms with van der Waals surface area (Å²) in [5.74, 6) is 2.06. The van der Waals surface area contributed by atoms with E-state index in [0.29, 0.717) is 12.4 Å². The number of piperidine rings is 1. The molecule has 1 aromatic rings. The number of hydrogen-bond acceptors (Lipinski definition) is 5. The second-order valence-corrected chi connectivity index (χ2v) is 8.12. The SMILES string of the molecule is CN=C(NCCCN1CCCC(C(N)=O)C1)NCc1ncc(C(C)(C)C)o1. The first kappa shape index (κ1) is 21.2. The van der Waals surface area contributed by atoms with Crippen molar-refractivity contribution in [2.75, 3.05) is 33.2 Å². The van der Waals surface area contributed by atoms with Crippen LogP contribution < -0.4 is 16.4 Å². The van der Waals surface area contributed by atoms with E-state index in [1.807, 2.05) is 0 Å². The molecule has 8 nitrogen and oxygen atoms in total. The van der Waals surface area contributed by atoms with Crippen molar-refractivity contribution in [3.05, 3.63) is 17.8 Å². The van der Waals surface area contributed by atoms with Gasteiger partial charge >= 0.3 is 0 Å². The number of oxazole rings is 1. The monoisotopic (exact) mass is 378 g/mol. The number of likely N-dealkylation sites (tertiary alicyclic amines) is 1. The van der Waals surface area contributed by atoms with E-state index in [1.54, 1.807) is 13.2 Å². The summed E-state index contributed by atoms with van der Waals surface area (Å²) in [7, 11) is 1.74. The minimum absolute atomic E-state index is 0.0000682. The van der Waals surface area contributed by atoms with Crippen LogP contribution in [-0.4, -0.2) is 55.0 Å². The van der Waals surface area contributed by atoms with Crippen molar-refractivity contribution in [3.63, 3.8) is 0 Å². The number of guanidine groups is 1. The first-order valence-electron chi connectivity index (χ1n) is 9.71. The van der Waals surface area contributed by atoms with Gasteiger partial charge in [0.05, 0.1) is 18.7 Å². The van der Waals surface area contributed by atoms with E-state index in [0.717, 1.165) is 57.2 Å². The Balaban J connectivity index is 1.67. The number of carbonyl (C=O) groups is 1. The Hall–Kier alpha value is -2.09. The van der Waals surface area contributed by atoms with Crippen LogP contribution >= 0.6 is 0 Å². The molecule has 0 spiro atoms. The van der Waals surface area contributed by atoms with Gasteiger partial charge in [0.25, 0.3) is 0 Å². The molecule has 4 N–H and O–H groups in total. The van der Waals surface area contributed by atoms with Gasteiger partial charge in [0.15, 0.2) is 5.96 Å². The van der Waals surface area contributed by atoms with E-state index < -0.39 is 0 Å². The molecule has 0 aromatic carbocycles. The summed E-state index contributed by atoms with van der Waals surface area (Å²) in [6.07, 6.45) is 4.71. The molecule has 2 rings (SSSR count). The zero-order valence-corrected chi connectivity index (χ0v) is 17.0. The fraction of sp³-hybridized carbons (Fsp3) is 0.737. The highest BCUT2D eigenvalue weighted by atomic mass is 16.4. The molecule has 0 aliphatic carbocycles. The number of primary amides is 1. The van der Waals surface area contributed by atoms with Crippen molar-refractivity contribution in [3.8, 4) is 0 Å². The smallest absolute Gasteiger partial charge is 0.221 e. The van der Waals surface area contributed by atoms with E-state index in [2.05, 4.69) is 46.3 Å². The van der Waals surface area contributed by atoms with Gasteiger partial charge in [0.2, 0.25) is 11.8 Å². The lowest BCUT2D eigenvalue weighted by Crippen LogP contribution is -2.42. The van der Waals surface area contributed by atoms with Crippen molar-refractivity contribution < 1.29 is 9.21 Å². The predicted molar refractivity (Wildman–Crippen MR) is 106 cm³/mol. The zero-order valence-electron chi connectivity index (χ0n) is 17.0. The number of amides is 1. The normalized spacial score (nSPS) is 19.1. The Morgan fingerprint density at radius 2 is 2.22 bits per heavy atom. The second kappa shape index (κ2) is 9.73. The van der Waals surface area contributed by atoms with Crippen LogP contribution in [0.5, 0.6) is 0 Å². The Kier molecular flexibility index (Phi) is 7.65. The van der Waals surface area contributed by atoms with Crippen LogP contribution in [0.1, 0.15) is 51.7 Å². The van der Waals surface area contributed by atoms with E-state index in [1.165, 1.54) is 0 Å². The molecule has 1 atom stereocenters. The minimum atomic E-state index is -0.177. The third-order valence-corrected chi connectivity index (χ3v) is 4.77. The standard InChI is InChI=1S/C19H34N6O2/c1-19(2,3)15-11-23-16(27-15)12-24-18(21-4)22-8-6-10-25-9-5-7-14(13-25)17(20)26/h11,14H,5-10,12-13H2,1-4H3,(H2,20,26)(H2,21,22,24). The van der Waals surface area contributed by atoms with Gasteiger partial charge in [-0.1, -0.05) is 20.8 Å². The molecule has 8 heteroatoms. The van der Waals surface area contributed by atoms with Crippen LogP contribution in [-0.2, 0) is 16.8 Å². The molecule has 1 fully saturated rings. The first-order valence-corrected chi connectivity index (χ1v) is 9.71. The molecule has 0 radical (unpaired) electrons. The lowest BCUT2D eigenvalue weighted by Gasteiger charge is -2.31. The molecule has 27 heavy (non-hydrogen) atoms. The summed E-state index contributed by atoms with van der Waals surface area (Å²) in [5.41, 5.74) is 5.39. The zero-order chi connectivity index (χ0) is 19.9. The van der Waals surface area contributed by atoms with Crippen LogP contribution in [0, 0.1) is 5.92 Å². The Bertz CT molecular complexity index is 634. The number of nitrogens with zero attached hydrogens (tertiary/aromatic N) is 3. The predicted octanol–water partition coefficient (Wildman–Crippen LogP) is 1.22. The molecule has 1 aromatic heterocycles. The number of rotatable bonds is 7. The minimum Gasteiger partial charge on any atom is -0.443 e. The van der Waals surface area contributed by atoms with Crippen molar-refractivity contribution in [1.82, 2.24) is 20.5 Å². The maximum atomic E-state index is 11.3. The van der Waals surface area contributed by atoms with Crippen molar-refractivity contribution in [1.29, 1.82) is 0 Å². The molecule has 1 unspecified atom stereocenters. The summed E-state index contributed by atoms with van der Waals surface area (Å²) >= 11 is 0. The third kappa shape index (κ3) is 6.86. The summed E-state index contributed by atoms with van der Waals surface area (Å²) in [5, 5.41) is 6.52. The topological polar surface area (TPSA) is 109 Å². The van der Waals surface area contributed by atoms with Crippen molar-refractivity contribution in [2.45, 2.75) is 52.0 Å². The van der Waals surface area contributed by atoms with Gasteiger partial charge in [-0.3, -0.25) is 9.79 Å². The second-order valence-electron chi connectivity index (χ2n) is 8.12. The Morgan fingerprint density at radius 1 is 1.44 bits per heavy atom. The fourth-order valence-corrected chi connectivity index (χ4v) is 3.12. The fourth-order valence-electron chi connectivity index (χ4n) is 3.12. The summed E-state index contributed by atoms with van der Waals surface area (Å²) in [4.78, 5) is 22.2. The van der Waals surface area contributed by atoms with Gasteiger partial charge in [-0.05, 0) is 32.4 Å². The molecule has 2 heterocycles. The van der Waals surface area contributed by atoms with Gasteiger partial charge in [-0.15, -0.1) is 0 Å². The lowest BCUT2D eigenvalue weighted by molar-refractivity contribution is -0.123. The van der Waals surface area contributed by atoms with Crippen LogP contribution in [0.4, 0.5) is 0 Å². The van der Waals surface area contributed by atoms with Gasteiger partial charge in [0.1, 0.15) is 5.76 Å². The van der Waals surface area contributed by atoms with E-state index >= 15 is 0 Å². The van der Waals surface area contributed by atoms with Gasteiger partial charge < -0.3 is 25.7 Å². The van der Waals surface area contributed by atoms with Gasteiger partial charge in [0, 0.05) is 25.6 Å². The van der Waals surface area contributed by atoms with Crippen molar-refractivity contribution in [2.24, 2.45) is 16.6 Å². The molecule has 0 bridgehead atoms. The number of carbonyl (C=O) groups excluding carboxylic acids is 1. The highest BCUT2D eigenvalue weighted by Gasteiger charge is 2.23. The molecular weight excluding hydrogens is 344 g/mol. The summed E-state index contributed by atoms with van der Waals surface area (Å²) in [6.45, 7) is 10.3. The van der Waals surface area contributed by atoms with Crippen molar-refractivity contribution >= 4 is 11.9 Å². The summed E-state index contributed by atoms with van der Waals surface area (Å²) < 4.78 is 5.78. The quantitative estimate of drug-likeness (QED) is 0.374. The van der Waals surface area contributed by atoms with Gasteiger partial charge in [-0.25, -0.2) is 4.98 Å². The average Bonchev–Trinajstić information content (AvgIpc) is 3.11. The maximum Gasteiger partial charge on any atom is 0.221 e. The number of nitrogens with two attached hydrogens (primary N) is 1. The first-order chi connectivity index (χ1) is 12.8. The largest absolute Gasteiger partial charge is 0.443 e. The number of aromatic nitrogens is 1. The van der Waals surface area contributed by atoms with E-state index in [-0.39, 0.29) is 17.2 Å². The Labute approximate surface area is 162 Å². The lowest BCUT2D eigenvalue weighted by atomic mass is 9.94. The van der Waals surface area contributed by atoms with Crippen LogP contribution in [0.15, 0.2) is 15.6 Å². The van der Waals surface area contributed by atoms with E-state index in [4.69, 9.17) is 10.2 Å². The Morgan fingerprint density at radius 3 is 2.85 bits per heavy atom. The molecule has 1 saturated heterocycles. The molecular formula is C19H34N6O2. The average molecular weight is 379 g/mol. The molecule has 1 aliphatic heterocycles. The molecule has 1 amide bonds. The van der Waals surface area contributed by atoms with Crippen LogP contribution in [0.3, 0.4) is 0 Å². The molecule has 0 saturated carbocycles.